The second-order valence-corrected chi connectivity index (χ2v) is 13.2. The van der Waals surface area contributed by atoms with E-state index in [4.69, 9.17) is 4.98 Å². The lowest BCUT2D eigenvalue weighted by molar-refractivity contribution is -0.131. The molecule has 39 heavy (non-hydrogen) atoms. The average Bonchev–Trinajstić information content (AvgIpc) is 3.50. The van der Waals surface area contributed by atoms with Gasteiger partial charge in [-0.05, 0) is 88.8 Å². The van der Waals surface area contributed by atoms with Crippen molar-refractivity contribution >= 4 is 16.9 Å². The van der Waals surface area contributed by atoms with Crippen molar-refractivity contribution in [3.8, 4) is 0 Å². The lowest BCUT2D eigenvalue weighted by atomic mass is 9.77. The Labute approximate surface area is 236 Å². The van der Waals surface area contributed by atoms with E-state index < -0.39 is 0 Å². The van der Waals surface area contributed by atoms with Gasteiger partial charge in [0.05, 0.1) is 17.6 Å². The van der Waals surface area contributed by atoms with E-state index in [0.29, 0.717) is 18.5 Å². The number of hydrogen-bond donors (Lipinski definition) is 0. The van der Waals surface area contributed by atoms with Crippen LogP contribution in [0.3, 0.4) is 0 Å². The molecule has 0 spiro atoms. The SMILES string of the molecule is CCN(CC)C(=O)CN1CC[C@@H](Cc2nc3ccccc3n2C2CCN([C@@H]3C[C@@H]4CCCC[C@@H](C4)C3)CC2)C1. The summed E-state index contributed by atoms with van der Waals surface area (Å²) in [5, 5.41) is 0. The monoisotopic (exact) mass is 533 g/mol. The number of aromatic nitrogens is 2. The molecule has 1 amide bonds. The number of likely N-dealkylation sites (N-methyl/N-ethyl adjacent to an activating group) is 1. The molecule has 4 atom stereocenters. The van der Waals surface area contributed by atoms with Crippen LogP contribution in [0.5, 0.6) is 0 Å². The second kappa shape index (κ2) is 12.3. The molecule has 2 aliphatic carbocycles. The van der Waals surface area contributed by atoms with Gasteiger partial charge < -0.3 is 14.4 Å². The smallest absolute Gasteiger partial charge is 0.236 e. The highest BCUT2D eigenvalue weighted by atomic mass is 16.2. The largest absolute Gasteiger partial charge is 0.342 e. The van der Waals surface area contributed by atoms with Crippen molar-refractivity contribution in [2.45, 2.75) is 96.6 Å². The van der Waals surface area contributed by atoms with Crippen molar-refractivity contribution in [1.29, 1.82) is 0 Å². The van der Waals surface area contributed by atoms with Gasteiger partial charge >= 0.3 is 0 Å². The zero-order valence-corrected chi connectivity index (χ0v) is 24.6. The van der Waals surface area contributed by atoms with E-state index in [9.17, 15) is 4.79 Å². The van der Waals surface area contributed by atoms with Gasteiger partial charge in [0.1, 0.15) is 5.82 Å². The summed E-state index contributed by atoms with van der Waals surface area (Å²) < 4.78 is 2.64. The third-order valence-electron chi connectivity index (χ3n) is 10.7. The Balaban J connectivity index is 1.11. The summed E-state index contributed by atoms with van der Waals surface area (Å²) in [4.78, 5) is 25.1. The number of likely N-dealkylation sites (tertiary alicyclic amines) is 2. The summed E-state index contributed by atoms with van der Waals surface area (Å²) in [5.74, 6) is 4.12. The van der Waals surface area contributed by atoms with Crippen molar-refractivity contribution in [2.75, 3.05) is 45.8 Å². The van der Waals surface area contributed by atoms with Crippen molar-refractivity contribution in [3.63, 3.8) is 0 Å². The van der Waals surface area contributed by atoms with Gasteiger partial charge in [0, 0.05) is 51.2 Å². The minimum atomic E-state index is 0.275. The number of nitrogens with zero attached hydrogens (tertiary/aromatic N) is 5. The van der Waals surface area contributed by atoms with Gasteiger partial charge in [0.25, 0.3) is 0 Å². The molecule has 4 aliphatic rings. The summed E-state index contributed by atoms with van der Waals surface area (Å²) in [6, 6.07) is 10.2. The molecule has 2 aliphatic heterocycles. The molecule has 6 rings (SSSR count). The maximum Gasteiger partial charge on any atom is 0.236 e. The normalized spacial score (nSPS) is 29.1. The Bertz CT molecular complexity index is 1090. The fourth-order valence-corrected chi connectivity index (χ4v) is 8.67. The summed E-state index contributed by atoms with van der Waals surface area (Å²) in [7, 11) is 0. The number of hydrogen-bond acceptors (Lipinski definition) is 4. The standard InChI is InChI=1S/C33H51N5O/c1-3-36(4-2)33(39)24-35-16-13-27(23-35)22-32-34-30-11-7-8-12-31(30)38(32)28-14-17-37(18-15-28)29-20-25-9-5-6-10-26(19-25)21-29/h7-8,11-12,25-29H,3-6,9-10,13-24H2,1-2H3/t25-,26+,27-,29-/m0/s1. The van der Waals surface area contributed by atoms with Gasteiger partial charge in [0.15, 0.2) is 0 Å². The molecule has 6 nitrogen and oxygen atoms in total. The average molecular weight is 534 g/mol. The van der Waals surface area contributed by atoms with Crippen LogP contribution in [0.2, 0.25) is 0 Å². The molecule has 1 aromatic carbocycles. The van der Waals surface area contributed by atoms with Crippen molar-refractivity contribution in [2.24, 2.45) is 17.8 Å². The zero-order chi connectivity index (χ0) is 26.8. The third kappa shape index (κ3) is 6.07. The van der Waals surface area contributed by atoms with Crippen LogP contribution < -0.4 is 0 Å². The van der Waals surface area contributed by atoms with Gasteiger partial charge in [-0.1, -0.05) is 37.8 Å². The highest BCUT2D eigenvalue weighted by molar-refractivity contribution is 5.78. The molecule has 4 fully saturated rings. The predicted molar refractivity (Wildman–Crippen MR) is 159 cm³/mol. The van der Waals surface area contributed by atoms with Crippen LogP contribution in [-0.4, -0.2) is 82.0 Å². The third-order valence-corrected chi connectivity index (χ3v) is 10.7. The van der Waals surface area contributed by atoms with Crippen LogP contribution in [0.4, 0.5) is 0 Å². The fraction of sp³-hybridized carbons (Fsp3) is 0.758. The number of carbonyl (C=O) groups excluding carboxylic acids is 1. The number of benzene rings is 1. The number of carbonyl (C=O) groups is 1. The van der Waals surface area contributed by atoms with Gasteiger partial charge in [-0.2, -0.15) is 0 Å². The molecule has 2 saturated carbocycles. The van der Waals surface area contributed by atoms with Gasteiger partial charge in [0.2, 0.25) is 5.91 Å². The molecule has 2 bridgehead atoms. The molecule has 0 unspecified atom stereocenters. The van der Waals surface area contributed by atoms with E-state index >= 15 is 0 Å². The number of amides is 1. The number of piperidine rings is 1. The summed E-state index contributed by atoms with van der Waals surface area (Å²) >= 11 is 0. The highest BCUT2D eigenvalue weighted by Crippen LogP contribution is 2.41. The molecule has 1 aromatic heterocycles. The molecular weight excluding hydrogens is 482 g/mol. The Morgan fingerprint density at radius 1 is 0.897 bits per heavy atom. The maximum absolute atomic E-state index is 12.7. The van der Waals surface area contributed by atoms with E-state index in [2.05, 4.69) is 52.5 Å². The van der Waals surface area contributed by atoms with Crippen molar-refractivity contribution in [3.05, 3.63) is 30.1 Å². The van der Waals surface area contributed by atoms with Crippen LogP contribution in [0, 0.1) is 17.8 Å². The van der Waals surface area contributed by atoms with Crippen LogP contribution in [0.25, 0.3) is 11.0 Å². The topological polar surface area (TPSA) is 44.6 Å². The van der Waals surface area contributed by atoms with Crippen molar-refractivity contribution in [1.82, 2.24) is 24.3 Å². The molecule has 0 radical (unpaired) electrons. The summed E-state index contributed by atoms with van der Waals surface area (Å²) in [5.41, 5.74) is 2.47. The van der Waals surface area contributed by atoms with Crippen LogP contribution in [0.15, 0.2) is 24.3 Å². The van der Waals surface area contributed by atoms with E-state index in [1.54, 1.807) is 0 Å². The van der Waals surface area contributed by atoms with Gasteiger partial charge in [-0.15, -0.1) is 0 Å². The molecule has 2 saturated heterocycles. The Morgan fingerprint density at radius 2 is 1.62 bits per heavy atom. The molecular formula is C33H51N5O. The van der Waals surface area contributed by atoms with Crippen LogP contribution in [0.1, 0.15) is 89.9 Å². The summed E-state index contributed by atoms with van der Waals surface area (Å²) in [6.45, 7) is 10.8. The van der Waals surface area contributed by atoms with E-state index in [0.717, 1.165) is 62.4 Å². The van der Waals surface area contributed by atoms with E-state index in [-0.39, 0.29) is 5.91 Å². The fourth-order valence-electron chi connectivity index (χ4n) is 8.67. The number of para-hydroxylation sites is 2. The Kier molecular flexibility index (Phi) is 8.60. The van der Waals surface area contributed by atoms with Crippen LogP contribution in [-0.2, 0) is 11.2 Å². The molecule has 0 N–H and O–H groups in total. The first-order valence-corrected chi connectivity index (χ1v) is 16.3. The second-order valence-electron chi connectivity index (χ2n) is 13.2. The predicted octanol–water partition coefficient (Wildman–Crippen LogP) is 5.76. The first-order chi connectivity index (χ1) is 19.1. The Morgan fingerprint density at radius 3 is 2.33 bits per heavy atom. The molecule has 214 valence electrons. The lowest BCUT2D eigenvalue weighted by Gasteiger charge is -2.43. The van der Waals surface area contributed by atoms with Gasteiger partial charge in [-0.25, -0.2) is 4.98 Å². The molecule has 3 heterocycles. The number of rotatable bonds is 8. The van der Waals surface area contributed by atoms with E-state index in [1.807, 2.05) is 4.90 Å². The van der Waals surface area contributed by atoms with Gasteiger partial charge in [-0.3, -0.25) is 9.69 Å². The van der Waals surface area contributed by atoms with Crippen LogP contribution >= 0.6 is 0 Å². The summed E-state index contributed by atoms with van der Waals surface area (Å²) in [6.07, 6.45) is 15.0. The maximum atomic E-state index is 12.7. The highest BCUT2D eigenvalue weighted by Gasteiger charge is 2.36. The molecule has 6 heteroatoms. The number of fused-ring (bicyclic) bond motifs is 3. The quantitative estimate of drug-likeness (QED) is 0.433. The number of imidazole rings is 1. The first-order valence-electron chi connectivity index (χ1n) is 16.3. The minimum Gasteiger partial charge on any atom is -0.342 e. The lowest BCUT2D eigenvalue weighted by Crippen LogP contribution is -2.45. The molecule has 2 aromatic rings. The van der Waals surface area contributed by atoms with Crippen molar-refractivity contribution < 1.29 is 4.79 Å². The van der Waals surface area contributed by atoms with E-state index in [1.165, 1.54) is 82.2 Å². The minimum absolute atomic E-state index is 0.275. The Hall–Kier alpha value is -1.92. The zero-order valence-electron chi connectivity index (χ0n) is 24.6. The first kappa shape index (κ1) is 27.3.